The van der Waals surface area contributed by atoms with E-state index < -0.39 is 6.88 Å². The van der Waals surface area contributed by atoms with Crippen LogP contribution in [0.4, 0.5) is 4.32 Å². The molecule has 0 bridgehead atoms. The van der Waals surface area contributed by atoms with E-state index in [9.17, 15) is 4.32 Å². The molecule has 0 aliphatic heterocycles. The van der Waals surface area contributed by atoms with Gasteiger partial charge in [-0.2, -0.15) is 0 Å². The second-order valence-electron chi connectivity index (χ2n) is 1.77. The molecule has 0 nitrogen and oxygen atoms in total. The van der Waals surface area contributed by atoms with E-state index >= 15 is 0 Å². The lowest BCUT2D eigenvalue weighted by Gasteiger charge is -1.94. The number of rotatable bonds is 2. The molecule has 0 saturated heterocycles. The maximum atomic E-state index is 12.0. The van der Waals surface area contributed by atoms with Crippen molar-refractivity contribution >= 4 is 13.5 Å². The molecule has 0 aromatic carbocycles. The van der Waals surface area contributed by atoms with Crippen molar-refractivity contribution in [2.75, 3.05) is 0 Å². The van der Waals surface area contributed by atoms with Gasteiger partial charge >= 0.3 is 6.88 Å². The molecule has 0 saturated carbocycles. The molecule has 0 spiro atoms. The zero-order chi connectivity index (χ0) is 5.86. The Labute approximate surface area is 45.0 Å². The molecule has 0 aromatic rings. The van der Waals surface area contributed by atoms with Crippen molar-refractivity contribution in [3.8, 4) is 0 Å². The first-order valence-corrected chi connectivity index (χ1v) is 2.45. The molecule has 0 heterocycles. The minimum Gasteiger partial charge on any atom is -0.347 e. The average Bonchev–Trinajstić information content (AvgIpc) is 1.65. The molecule has 0 aliphatic carbocycles. The lowest BCUT2D eigenvalue weighted by Crippen LogP contribution is -2.21. The molecule has 0 aromatic heterocycles. The average molecular weight is 97.7 g/mol. The van der Waals surface area contributed by atoms with Gasteiger partial charge in [-0.1, -0.05) is 13.6 Å². The van der Waals surface area contributed by atoms with Crippen LogP contribution < -0.4 is 0 Å². The van der Waals surface area contributed by atoms with Gasteiger partial charge < -0.3 is 4.32 Å². The molecule has 0 amide bonds. The Balaban J connectivity index is 3.33. The summed E-state index contributed by atoms with van der Waals surface area (Å²) in [4.78, 5) is 0. The molecular formula is C4H9B2F. The predicted octanol–water partition coefficient (Wildman–Crippen LogP) is 1.51. The summed E-state index contributed by atoms with van der Waals surface area (Å²) in [5.41, 5.74) is 0. The van der Waals surface area contributed by atoms with Crippen LogP contribution in [0.15, 0.2) is 12.6 Å². The third-order valence-electron chi connectivity index (χ3n) is 1.10. The van der Waals surface area contributed by atoms with Gasteiger partial charge in [0, 0.05) is 0 Å². The van der Waals surface area contributed by atoms with E-state index in [0.717, 1.165) is 0 Å². The van der Waals surface area contributed by atoms with Gasteiger partial charge in [0.2, 0.25) is 0 Å². The highest BCUT2D eigenvalue weighted by Crippen LogP contribution is 1.90. The van der Waals surface area contributed by atoms with Gasteiger partial charge in [0.25, 0.3) is 0 Å². The van der Waals surface area contributed by atoms with Crippen LogP contribution in [0.5, 0.6) is 0 Å². The molecule has 0 atom stereocenters. The van der Waals surface area contributed by atoms with Crippen LogP contribution in [0.3, 0.4) is 0 Å². The topological polar surface area (TPSA) is 0 Å². The highest BCUT2D eigenvalue weighted by Gasteiger charge is 2.14. The Hall–Kier alpha value is -0.200. The fraction of sp³-hybridized carbons (Fsp3) is 0.500. The standard InChI is InChI=1S/C4H9B2F/c1-4-5(2)6(3)7/h4H,1H2,2-3H3. The van der Waals surface area contributed by atoms with Gasteiger partial charge in [-0.15, -0.1) is 12.6 Å². The summed E-state index contributed by atoms with van der Waals surface area (Å²) in [6.07, 6.45) is 0. The van der Waals surface area contributed by atoms with Crippen molar-refractivity contribution in [1.82, 2.24) is 0 Å². The van der Waals surface area contributed by atoms with E-state index in [1.807, 2.05) is 0 Å². The van der Waals surface area contributed by atoms with Crippen LogP contribution in [-0.2, 0) is 0 Å². The molecule has 0 unspecified atom stereocenters. The maximum Gasteiger partial charge on any atom is 0.312 e. The van der Waals surface area contributed by atoms with Crippen LogP contribution in [0.2, 0.25) is 13.6 Å². The van der Waals surface area contributed by atoms with Crippen molar-refractivity contribution < 1.29 is 4.32 Å². The first-order chi connectivity index (χ1) is 3.18. The fourth-order valence-corrected chi connectivity index (χ4v) is 0.188. The zero-order valence-corrected chi connectivity index (χ0v) is 4.82. The van der Waals surface area contributed by atoms with Crippen LogP contribution in [0.1, 0.15) is 0 Å². The first kappa shape index (κ1) is 6.80. The highest BCUT2D eigenvalue weighted by atomic mass is 19.1. The third-order valence-corrected chi connectivity index (χ3v) is 1.10. The molecular weight excluding hydrogens is 88.7 g/mol. The van der Waals surface area contributed by atoms with Gasteiger partial charge in [0.05, 0.1) is 0 Å². The molecule has 0 N–H and O–H groups in total. The highest BCUT2D eigenvalue weighted by molar-refractivity contribution is 7.20. The summed E-state index contributed by atoms with van der Waals surface area (Å²) in [6, 6.07) is 0. The third kappa shape index (κ3) is 2.49. The zero-order valence-electron chi connectivity index (χ0n) is 4.82. The molecule has 0 radical (unpaired) electrons. The van der Waals surface area contributed by atoms with Gasteiger partial charge in [-0.25, -0.2) is 0 Å². The Morgan fingerprint density at radius 2 is 2.00 bits per heavy atom. The molecule has 3 heteroatoms. The van der Waals surface area contributed by atoms with Crippen molar-refractivity contribution in [3.63, 3.8) is 0 Å². The summed E-state index contributed by atoms with van der Waals surface area (Å²) in [7, 11) is 0. The number of hydrogen-bond acceptors (Lipinski definition) is 0. The quantitative estimate of drug-likeness (QED) is 0.459. The Morgan fingerprint density at radius 1 is 1.57 bits per heavy atom. The normalized spacial score (nSPS) is 7.86. The Kier molecular flexibility index (Phi) is 2.81. The van der Waals surface area contributed by atoms with Crippen LogP contribution in [-0.4, -0.2) is 13.5 Å². The van der Waals surface area contributed by atoms with E-state index in [1.54, 1.807) is 12.8 Å². The Bertz CT molecular complexity index is 62.7. The van der Waals surface area contributed by atoms with Crippen LogP contribution in [0, 0.1) is 0 Å². The van der Waals surface area contributed by atoms with Crippen molar-refractivity contribution in [2.45, 2.75) is 13.6 Å². The molecule has 38 valence electrons. The number of halogens is 1. The number of hydrogen-bond donors (Lipinski definition) is 0. The van der Waals surface area contributed by atoms with Crippen molar-refractivity contribution in [2.24, 2.45) is 0 Å². The Morgan fingerprint density at radius 3 is 2.00 bits per heavy atom. The van der Waals surface area contributed by atoms with Crippen LogP contribution in [0.25, 0.3) is 0 Å². The van der Waals surface area contributed by atoms with Gasteiger partial charge in [-0.05, 0) is 0 Å². The van der Waals surface area contributed by atoms with E-state index in [2.05, 4.69) is 6.58 Å². The molecule has 0 fully saturated rings. The molecule has 0 aliphatic rings. The predicted molar refractivity (Wildman–Crippen MR) is 34.5 cm³/mol. The monoisotopic (exact) mass is 98.1 g/mol. The minimum atomic E-state index is -0.752. The molecule has 0 rings (SSSR count). The smallest absolute Gasteiger partial charge is 0.312 e. The van der Waals surface area contributed by atoms with E-state index in [0.29, 0.717) is 0 Å². The van der Waals surface area contributed by atoms with Crippen molar-refractivity contribution in [3.05, 3.63) is 12.6 Å². The minimum absolute atomic E-state index is 0.000000000000000222. The van der Waals surface area contributed by atoms with Crippen molar-refractivity contribution in [1.29, 1.82) is 0 Å². The summed E-state index contributed by atoms with van der Waals surface area (Å²) in [5.74, 6) is 1.62. The van der Waals surface area contributed by atoms with Gasteiger partial charge in [0.15, 0.2) is 6.60 Å². The van der Waals surface area contributed by atoms with E-state index in [1.165, 1.54) is 6.82 Å². The van der Waals surface area contributed by atoms with Gasteiger partial charge in [0.1, 0.15) is 0 Å². The summed E-state index contributed by atoms with van der Waals surface area (Å²) < 4.78 is 12.0. The summed E-state index contributed by atoms with van der Waals surface area (Å²) in [6.45, 7) is 6.03. The lowest BCUT2D eigenvalue weighted by atomic mass is 9.21. The second-order valence-corrected chi connectivity index (χ2v) is 1.77. The fourth-order valence-electron chi connectivity index (χ4n) is 0.188. The van der Waals surface area contributed by atoms with Crippen LogP contribution >= 0.6 is 0 Å². The maximum absolute atomic E-state index is 12.0. The summed E-state index contributed by atoms with van der Waals surface area (Å²) >= 11 is 0. The molecule has 7 heavy (non-hydrogen) atoms. The second kappa shape index (κ2) is 2.89. The summed E-state index contributed by atoms with van der Waals surface area (Å²) in [5, 5.41) is 0. The SMILES string of the molecule is C=CB(C)B(C)F. The van der Waals surface area contributed by atoms with E-state index in [4.69, 9.17) is 0 Å². The first-order valence-electron chi connectivity index (χ1n) is 2.45. The van der Waals surface area contributed by atoms with E-state index in [-0.39, 0.29) is 6.60 Å². The largest absolute Gasteiger partial charge is 0.347 e. The lowest BCUT2D eigenvalue weighted by molar-refractivity contribution is 0.864. The van der Waals surface area contributed by atoms with Gasteiger partial charge in [-0.3, -0.25) is 0 Å².